The van der Waals surface area contributed by atoms with Crippen LogP contribution in [0.5, 0.6) is 0 Å². The zero-order valence-electron chi connectivity index (χ0n) is 6.37. The summed E-state index contributed by atoms with van der Waals surface area (Å²) >= 11 is 0. The molecule has 0 bridgehead atoms. The van der Waals surface area contributed by atoms with E-state index in [1.807, 2.05) is 0 Å². The van der Waals surface area contributed by atoms with Gasteiger partial charge >= 0.3 is 0 Å². The minimum absolute atomic E-state index is 0.129. The van der Waals surface area contributed by atoms with Gasteiger partial charge in [-0.2, -0.15) is 0 Å². The molecule has 4 heteroatoms. The van der Waals surface area contributed by atoms with Gasteiger partial charge in [0.2, 0.25) is 5.91 Å². The van der Waals surface area contributed by atoms with Crippen LogP contribution in [0.3, 0.4) is 0 Å². The second-order valence-corrected chi connectivity index (χ2v) is 2.58. The molecule has 1 rings (SSSR count). The van der Waals surface area contributed by atoms with Crippen LogP contribution in [0, 0.1) is 5.92 Å². The number of amides is 1. The van der Waals surface area contributed by atoms with Crippen molar-refractivity contribution in [2.75, 3.05) is 0 Å². The lowest BCUT2D eigenvalue weighted by Crippen LogP contribution is -2.22. The molecule has 60 valence electrons. The Hall–Kier alpha value is -1.32. The van der Waals surface area contributed by atoms with Crippen molar-refractivity contribution >= 4 is 5.91 Å². The number of aromatic nitrogens is 2. The van der Waals surface area contributed by atoms with E-state index in [0.29, 0.717) is 6.42 Å². The first-order chi connectivity index (χ1) is 5.20. The summed E-state index contributed by atoms with van der Waals surface area (Å²) in [6.07, 6.45) is 3.91. The topological polar surface area (TPSA) is 71.8 Å². The number of carbonyl (C=O) groups is 1. The Balaban J connectivity index is 2.50. The summed E-state index contributed by atoms with van der Waals surface area (Å²) in [5.74, 6) is -0.407. The van der Waals surface area contributed by atoms with Crippen LogP contribution >= 0.6 is 0 Å². The number of nitrogens with zero attached hydrogens (tertiary/aromatic N) is 1. The SMILES string of the molecule is C[C@@H](Cc1cnc[nH]1)C(N)=O. The molecule has 0 saturated heterocycles. The van der Waals surface area contributed by atoms with E-state index in [9.17, 15) is 4.79 Å². The van der Waals surface area contributed by atoms with E-state index in [1.54, 1.807) is 19.4 Å². The Labute approximate surface area is 64.8 Å². The highest BCUT2D eigenvalue weighted by molar-refractivity contribution is 5.76. The van der Waals surface area contributed by atoms with E-state index >= 15 is 0 Å². The van der Waals surface area contributed by atoms with Crippen LogP contribution in [0.1, 0.15) is 12.6 Å². The number of H-pyrrole nitrogens is 1. The second kappa shape index (κ2) is 3.18. The molecular formula is C7H11N3O. The van der Waals surface area contributed by atoms with E-state index in [2.05, 4.69) is 9.97 Å². The van der Waals surface area contributed by atoms with Crippen LogP contribution in [-0.4, -0.2) is 15.9 Å². The highest BCUT2D eigenvalue weighted by atomic mass is 16.1. The number of imidazole rings is 1. The van der Waals surface area contributed by atoms with Crippen LogP contribution in [0.2, 0.25) is 0 Å². The Kier molecular flexibility index (Phi) is 2.25. The van der Waals surface area contributed by atoms with Gasteiger partial charge < -0.3 is 10.7 Å². The van der Waals surface area contributed by atoms with Crippen molar-refractivity contribution in [2.24, 2.45) is 11.7 Å². The normalized spacial score (nSPS) is 12.8. The number of carbonyl (C=O) groups excluding carboxylic acids is 1. The molecule has 1 heterocycles. The Morgan fingerprint density at radius 2 is 2.64 bits per heavy atom. The van der Waals surface area contributed by atoms with Gasteiger partial charge in [0.1, 0.15) is 0 Å². The third-order valence-electron chi connectivity index (χ3n) is 1.57. The van der Waals surface area contributed by atoms with Gasteiger partial charge in [-0.3, -0.25) is 4.79 Å². The van der Waals surface area contributed by atoms with Crippen molar-refractivity contribution in [3.05, 3.63) is 18.2 Å². The molecule has 0 spiro atoms. The van der Waals surface area contributed by atoms with E-state index in [-0.39, 0.29) is 11.8 Å². The van der Waals surface area contributed by atoms with E-state index in [4.69, 9.17) is 5.73 Å². The van der Waals surface area contributed by atoms with E-state index in [0.717, 1.165) is 5.69 Å². The Bertz CT molecular complexity index is 230. The fourth-order valence-corrected chi connectivity index (χ4v) is 0.827. The summed E-state index contributed by atoms with van der Waals surface area (Å²) < 4.78 is 0. The molecule has 11 heavy (non-hydrogen) atoms. The third kappa shape index (κ3) is 2.07. The number of aromatic amines is 1. The maximum Gasteiger partial charge on any atom is 0.220 e. The van der Waals surface area contributed by atoms with E-state index < -0.39 is 0 Å². The van der Waals surface area contributed by atoms with Gasteiger partial charge in [0.05, 0.1) is 6.33 Å². The van der Waals surface area contributed by atoms with Crippen molar-refractivity contribution in [3.8, 4) is 0 Å². The molecule has 3 N–H and O–H groups in total. The summed E-state index contributed by atoms with van der Waals surface area (Å²) in [5, 5.41) is 0. The van der Waals surface area contributed by atoms with Crippen molar-refractivity contribution < 1.29 is 4.79 Å². The smallest absolute Gasteiger partial charge is 0.220 e. The molecule has 0 radical (unpaired) electrons. The molecule has 0 saturated carbocycles. The van der Waals surface area contributed by atoms with Gasteiger partial charge in [0.25, 0.3) is 0 Å². The number of hydrogen-bond acceptors (Lipinski definition) is 2. The van der Waals surface area contributed by atoms with Gasteiger partial charge in [0, 0.05) is 24.2 Å². The average molecular weight is 153 g/mol. The Morgan fingerprint density at radius 3 is 3.09 bits per heavy atom. The van der Waals surface area contributed by atoms with Gasteiger partial charge in [-0.1, -0.05) is 6.92 Å². The molecule has 1 amide bonds. The summed E-state index contributed by atoms with van der Waals surface area (Å²) in [5.41, 5.74) is 6.02. The lowest BCUT2D eigenvalue weighted by Gasteiger charge is -2.02. The number of nitrogens with one attached hydrogen (secondary N) is 1. The van der Waals surface area contributed by atoms with Gasteiger partial charge in [-0.25, -0.2) is 4.98 Å². The number of nitrogens with two attached hydrogens (primary N) is 1. The molecule has 0 aliphatic carbocycles. The maximum absolute atomic E-state index is 10.6. The average Bonchev–Trinajstić information content (AvgIpc) is 2.39. The van der Waals surface area contributed by atoms with Crippen molar-refractivity contribution in [2.45, 2.75) is 13.3 Å². The lowest BCUT2D eigenvalue weighted by atomic mass is 10.1. The predicted molar refractivity (Wildman–Crippen MR) is 40.7 cm³/mol. The first-order valence-corrected chi connectivity index (χ1v) is 3.46. The van der Waals surface area contributed by atoms with Crippen LogP contribution in [0.25, 0.3) is 0 Å². The second-order valence-electron chi connectivity index (χ2n) is 2.58. The fraction of sp³-hybridized carbons (Fsp3) is 0.429. The zero-order chi connectivity index (χ0) is 8.27. The molecule has 0 unspecified atom stereocenters. The minimum Gasteiger partial charge on any atom is -0.369 e. The van der Waals surface area contributed by atoms with Crippen LogP contribution < -0.4 is 5.73 Å². The summed E-state index contributed by atoms with van der Waals surface area (Å²) in [6.45, 7) is 1.79. The highest BCUT2D eigenvalue weighted by Gasteiger charge is 2.09. The van der Waals surface area contributed by atoms with Gasteiger partial charge in [0.15, 0.2) is 0 Å². The zero-order valence-corrected chi connectivity index (χ0v) is 6.37. The molecule has 1 atom stereocenters. The predicted octanol–water partition coefficient (Wildman–Crippen LogP) is 0.0736. The van der Waals surface area contributed by atoms with Crippen LogP contribution in [-0.2, 0) is 11.2 Å². The first-order valence-electron chi connectivity index (χ1n) is 3.46. The Morgan fingerprint density at radius 1 is 1.91 bits per heavy atom. The summed E-state index contributed by atoms with van der Waals surface area (Å²) in [7, 11) is 0. The molecular weight excluding hydrogens is 142 g/mol. The van der Waals surface area contributed by atoms with Gasteiger partial charge in [-0.05, 0) is 0 Å². The monoisotopic (exact) mass is 153 g/mol. The standard InChI is InChI=1S/C7H11N3O/c1-5(7(8)11)2-6-3-9-4-10-6/h3-5H,2H2,1H3,(H2,8,11)(H,9,10)/t5-/m0/s1. The van der Waals surface area contributed by atoms with Crippen LogP contribution in [0.4, 0.5) is 0 Å². The number of rotatable bonds is 3. The van der Waals surface area contributed by atoms with Crippen molar-refractivity contribution in [1.82, 2.24) is 9.97 Å². The van der Waals surface area contributed by atoms with Crippen LogP contribution in [0.15, 0.2) is 12.5 Å². The molecule has 0 aromatic carbocycles. The summed E-state index contributed by atoms with van der Waals surface area (Å²) in [6, 6.07) is 0. The number of hydrogen-bond donors (Lipinski definition) is 2. The molecule has 0 aliphatic heterocycles. The fourth-order valence-electron chi connectivity index (χ4n) is 0.827. The quantitative estimate of drug-likeness (QED) is 0.645. The largest absolute Gasteiger partial charge is 0.369 e. The third-order valence-corrected chi connectivity index (χ3v) is 1.57. The molecule has 0 fully saturated rings. The van der Waals surface area contributed by atoms with Crippen molar-refractivity contribution in [1.29, 1.82) is 0 Å². The lowest BCUT2D eigenvalue weighted by molar-refractivity contribution is -0.121. The molecule has 1 aromatic rings. The molecule has 1 aromatic heterocycles. The van der Waals surface area contributed by atoms with E-state index in [1.165, 1.54) is 0 Å². The summed E-state index contributed by atoms with van der Waals surface area (Å²) in [4.78, 5) is 17.3. The first kappa shape index (κ1) is 7.78. The maximum atomic E-state index is 10.6. The highest BCUT2D eigenvalue weighted by Crippen LogP contribution is 2.03. The molecule has 0 aliphatic rings. The van der Waals surface area contributed by atoms with Gasteiger partial charge in [-0.15, -0.1) is 0 Å². The minimum atomic E-state index is -0.278. The number of primary amides is 1. The molecule has 4 nitrogen and oxygen atoms in total. The van der Waals surface area contributed by atoms with Crippen molar-refractivity contribution in [3.63, 3.8) is 0 Å².